The number of quaternary nitrogens is 2. The monoisotopic (exact) mass is 766 g/mol. The fourth-order valence-electron chi connectivity index (χ4n) is 5.56. The molecule has 0 aromatic heterocycles. The Bertz CT molecular complexity index is 702. The molecule has 0 spiro atoms. The molecule has 0 fully saturated rings. The second kappa shape index (κ2) is 33.5. The molecule has 45 heavy (non-hydrogen) atoms. The molecule has 0 aromatic rings. The van der Waals surface area contributed by atoms with Crippen molar-refractivity contribution < 1.29 is 52.5 Å². The Balaban J connectivity index is -0.00000882. The lowest BCUT2D eigenvalue weighted by Gasteiger charge is -2.30. The second-order valence-electron chi connectivity index (χ2n) is 14.4. The average molecular weight is 769 g/mol. The molecule has 0 aliphatic carbocycles. The first kappa shape index (κ1) is 49.0. The maximum atomic E-state index is 12.2. The van der Waals surface area contributed by atoms with Crippen molar-refractivity contribution in [2.45, 2.75) is 149 Å². The third-order valence-electron chi connectivity index (χ3n) is 8.66. The summed E-state index contributed by atoms with van der Waals surface area (Å²) < 4.78 is 1.87. The van der Waals surface area contributed by atoms with Gasteiger partial charge in [-0.2, -0.15) is 0 Å². The van der Waals surface area contributed by atoms with E-state index in [2.05, 4.69) is 64.8 Å². The molecule has 0 aliphatic heterocycles. The first-order valence-corrected chi connectivity index (χ1v) is 18.4. The fourth-order valence-corrected chi connectivity index (χ4v) is 5.56. The maximum absolute atomic E-state index is 12.2. The molecular formula is C37H76Br2N4O2. The van der Waals surface area contributed by atoms with Gasteiger partial charge in [0.2, 0.25) is 11.8 Å². The van der Waals surface area contributed by atoms with Crippen molar-refractivity contribution in [3.63, 3.8) is 0 Å². The molecule has 0 saturated heterocycles. The van der Waals surface area contributed by atoms with Crippen LogP contribution in [0.3, 0.4) is 0 Å². The van der Waals surface area contributed by atoms with Gasteiger partial charge in [0.05, 0.1) is 54.4 Å². The van der Waals surface area contributed by atoms with Crippen molar-refractivity contribution >= 4 is 11.8 Å². The number of unbranched alkanes of at least 4 members (excludes halogenated alkanes) is 15. The standard InChI is InChI=1S/C37H74N4O2.2BrH/c1-7-9-11-13-15-17-19-21-23-29-37(43)39-31-27-35-41(5,6)33-25-24-32-40(3,4)34-26-30-38-36(42)28-22-20-18-16-14-12-10-8-2;;/h24-25H,7-23,26-35H2,1-6H3;2*1H. The van der Waals surface area contributed by atoms with E-state index in [1.54, 1.807) is 0 Å². The van der Waals surface area contributed by atoms with Crippen molar-refractivity contribution in [3.05, 3.63) is 12.2 Å². The SMILES string of the molecule is CCCCCCCCCCCC(=O)NCCC[N+](C)(C)CC=CC[N+](C)(C)CCCNC(=O)CCCCCCCCCC.[Br-].[Br-]. The van der Waals surface area contributed by atoms with E-state index in [1.165, 1.54) is 96.3 Å². The Kier molecular flexibility index (Phi) is 36.4. The fraction of sp³-hybridized carbons (Fsp3) is 0.892. The Morgan fingerprint density at radius 2 is 0.756 bits per heavy atom. The van der Waals surface area contributed by atoms with Gasteiger partial charge in [0.15, 0.2) is 0 Å². The first-order chi connectivity index (χ1) is 20.6. The van der Waals surface area contributed by atoms with Gasteiger partial charge in [-0.05, 0) is 25.0 Å². The van der Waals surface area contributed by atoms with Gasteiger partial charge in [-0.3, -0.25) is 9.59 Å². The molecule has 2 amide bonds. The number of carbonyl (C=O) groups is 2. The lowest BCUT2D eigenvalue weighted by molar-refractivity contribution is -0.887. The molecule has 0 radical (unpaired) electrons. The number of carbonyl (C=O) groups excluding carboxylic acids is 2. The summed E-state index contributed by atoms with van der Waals surface area (Å²) in [6.07, 6.45) is 29.7. The van der Waals surface area contributed by atoms with Crippen LogP contribution in [-0.4, -0.2) is 88.2 Å². The highest BCUT2D eigenvalue weighted by Gasteiger charge is 2.15. The number of hydrogen-bond donors (Lipinski definition) is 2. The largest absolute Gasteiger partial charge is 1.00 e. The summed E-state index contributed by atoms with van der Waals surface area (Å²) in [6, 6.07) is 0. The summed E-state index contributed by atoms with van der Waals surface area (Å²) in [5.74, 6) is 0.436. The average Bonchev–Trinajstić information content (AvgIpc) is 2.96. The smallest absolute Gasteiger partial charge is 0.219 e. The van der Waals surface area contributed by atoms with Crippen LogP contribution < -0.4 is 44.6 Å². The molecule has 0 unspecified atom stereocenters. The van der Waals surface area contributed by atoms with Crippen LogP contribution in [0.2, 0.25) is 0 Å². The summed E-state index contributed by atoms with van der Waals surface area (Å²) in [4.78, 5) is 24.3. The summed E-state index contributed by atoms with van der Waals surface area (Å²) in [7, 11) is 9.07. The zero-order valence-electron chi connectivity index (χ0n) is 30.7. The molecule has 0 atom stereocenters. The predicted molar refractivity (Wildman–Crippen MR) is 187 cm³/mol. The van der Waals surface area contributed by atoms with Gasteiger partial charge in [0.1, 0.15) is 0 Å². The highest BCUT2D eigenvalue weighted by molar-refractivity contribution is 5.76. The third-order valence-corrected chi connectivity index (χ3v) is 8.66. The van der Waals surface area contributed by atoms with Crippen LogP contribution in [0.4, 0.5) is 0 Å². The van der Waals surface area contributed by atoms with E-state index in [9.17, 15) is 9.59 Å². The van der Waals surface area contributed by atoms with Crippen molar-refractivity contribution in [3.8, 4) is 0 Å². The zero-order chi connectivity index (χ0) is 32.1. The Hall–Kier alpha value is -0.440. The topological polar surface area (TPSA) is 58.2 Å². The van der Waals surface area contributed by atoms with Gasteiger partial charge in [0, 0.05) is 38.8 Å². The molecule has 0 saturated carbocycles. The lowest BCUT2D eigenvalue weighted by Crippen LogP contribution is -3.00. The number of amides is 2. The van der Waals surface area contributed by atoms with Gasteiger partial charge in [-0.25, -0.2) is 0 Å². The van der Waals surface area contributed by atoms with E-state index in [4.69, 9.17) is 0 Å². The van der Waals surface area contributed by atoms with Crippen LogP contribution in [0.1, 0.15) is 149 Å². The van der Waals surface area contributed by atoms with Gasteiger partial charge < -0.3 is 53.6 Å². The van der Waals surface area contributed by atoms with E-state index >= 15 is 0 Å². The third kappa shape index (κ3) is 36.2. The quantitative estimate of drug-likeness (QED) is 0.0647. The number of likely N-dealkylation sites (N-methyl/N-ethyl adjacent to an activating group) is 2. The van der Waals surface area contributed by atoms with Crippen LogP contribution in [-0.2, 0) is 9.59 Å². The van der Waals surface area contributed by atoms with Crippen LogP contribution in [0.5, 0.6) is 0 Å². The van der Waals surface area contributed by atoms with E-state index in [-0.39, 0.29) is 45.8 Å². The van der Waals surface area contributed by atoms with E-state index in [0.29, 0.717) is 12.8 Å². The Morgan fingerprint density at radius 3 is 1.07 bits per heavy atom. The molecule has 6 nitrogen and oxygen atoms in total. The van der Waals surface area contributed by atoms with Crippen molar-refractivity contribution in [2.75, 3.05) is 67.5 Å². The summed E-state index contributed by atoms with van der Waals surface area (Å²) in [6.45, 7) is 10.2. The number of nitrogens with zero attached hydrogens (tertiary/aromatic N) is 2. The summed E-state index contributed by atoms with van der Waals surface area (Å²) in [5.41, 5.74) is 0. The van der Waals surface area contributed by atoms with E-state index < -0.39 is 0 Å². The lowest BCUT2D eigenvalue weighted by atomic mass is 10.1. The molecule has 0 aliphatic rings. The number of rotatable bonds is 31. The van der Waals surface area contributed by atoms with E-state index in [0.717, 1.165) is 73.9 Å². The van der Waals surface area contributed by atoms with Crippen molar-refractivity contribution in [1.29, 1.82) is 0 Å². The minimum atomic E-state index is 0. The maximum Gasteiger partial charge on any atom is 0.219 e. The second-order valence-corrected chi connectivity index (χ2v) is 14.4. The van der Waals surface area contributed by atoms with Crippen LogP contribution in [0, 0.1) is 0 Å². The molecule has 0 heterocycles. The highest BCUT2D eigenvalue weighted by Crippen LogP contribution is 2.11. The molecule has 0 aromatic carbocycles. The van der Waals surface area contributed by atoms with Crippen LogP contribution in [0.15, 0.2) is 12.2 Å². The number of nitrogens with one attached hydrogen (secondary N) is 2. The molecule has 0 bridgehead atoms. The zero-order valence-corrected chi connectivity index (χ0v) is 33.9. The number of halogens is 2. The normalized spacial score (nSPS) is 11.7. The van der Waals surface area contributed by atoms with E-state index in [1.807, 2.05) is 0 Å². The van der Waals surface area contributed by atoms with Crippen molar-refractivity contribution in [1.82, 2.24) is 10.6 Å². The summed E-state index contributed by atoms with van der Waals surface area (Å²) >= 11 is 0. The van der Waals surface area contributed by atoms with Crippen LogP contribution in [0.25, 0.3) is 0 Å². The van der Waals surface area contributed by atoms with Crippen molar-refractivity contribution in [2.24, 2.45) is 0 Å². The molecule has 0 rings (SSSR count). The molecule has 2 N–H and O–H groups in total. The van der Waals surface area contributed by atoms with Gasteiger partial charge in [-0.15, -0.1) is 0 Å². The number of hydrogen-bond acceptors (Lipinski definition) is 2. The van der Waals surface area contributed by atoms with Gasteiger partial charge in [0.25, 0.3) is 0 Å². The minimum absolute atomic E-state index is 0. The highest BCUT2D eigenvalue weighted by atomic mass is 79.9. The minimum Gasteiger partial charge on any atom is -1.00 e. The van der Waals surface area contributed by atoms with Crippen LogP contribution >= 0.6 is 0 Å². The predicted octanol–water partition coefficient (Wildman–Crippen LogP) is 2.17. The molecule has 8 heteroatoms. The van der Waals surface area contributed by atoms with Gasteiger partial charge in [-0.1, -0.05) is 110 Å². The molecular weight excluding hydrogens is 692 g/mol. The molecule has 270 valence electrons. The van der Waals surface area contributed by atoms with Gasteiger partial charge >= 0.3 is 0 Å². The Labute approximate surface area is 302 Å². The first-order valence-electron chi connectivity index (χ1n) is 18.4. The summed E-state index contributed by atoms with van der Waals surface area (Å²) in [5, 5.41) is 6.25. The Morgan fingerprint density at radius 1 is 0.467 bits per heavy atom.